The highest BCUT2D eigenvalue weighted by molar-refractivity contribution is 7.89. The van der Waals surface area contributed by atoms with Gasteiger partial charge in [-0.1, -0.05) is 11.6 Å². The second-order valence-corrected chi connectivity index (χ2v) is 6.75. The first-order valence-electron chi connectivity index (χ1n) is 5.81. The molecule has 0 aliphatic rings. The lowest BCUT2D eigenvalue weighted by Gasteiger charge is -2.24. The molecule has 0 atom stereocenters. The van der Waals surface area contributed by atoms with Crippen LogP contribution < -0.4 is 5.73 Å². The largest absolute Gasteiger partial charge is 0.369 e. The second kappa shape index (κ2) is 6.37. The van der Waals surface area contributed by atoms with Crippen molar-refractivity contribution in [3.8, 4) is 0 Å². The van der Waals surface area contributed by atoms with Crippen LogP contribution in [0.1, 0.15) is 13.8 Å². The smallest absolute Gasteiger partial charge is 0.270 e. The maximum absolute atomic E-state index is 12.5. The molecule has 0 aliphatic heterocycles. The van der Waals surface area contributed by atoms with Crippen LogP contribution in [0, 0.1) is 10.1 Å². The van der Waals surface area contributed by atoms with E-state index in [-0.39, 0.29) is 5.02 Å². The average Bonchev–Trinajstić information content (AvgIpc) is 2.35. The fourth-order valence-corrected chi connectivity index (χ4v) is 3.73. The molecule has 1 amide bonds. The van der Waals surface area contributed by atoms with Gasteiger partial charge in [0.25, 0.3) is 5.69 Å². The zero-order chi connectivity index (χ0) is 16.4. The maximum Gasteiger partial charge on any atom is 0.270 e. The molecule has 1 aromatic carbocycles. The molecular formula is C11H14ClN3O5S. The first-order valence-corrected chi connectivity index (χ1v) is 7.63. The van der Waals surface area contributed by atoms with Crippen LogP contribution in [0.25, 0.3) is 0 Å². The zero-order valence-corrected chi connectivity index (χ0v) is 12.9. The number of primary amides is 1. The van der Waals surface area contributed by atoms with Crippen LogP contribution >= 0.6 is 11.6 Å². The summed E-state index contributed by atoms with van der Waals surface area (Å²) in [5.41, 5.74) is 4.62. The number of halogens is 1. The fourth-order valence-electron chi connectivity index (χ4n) is 1.63. The Hall–Kier alpha value is -1.71. The first kappa shape index (κ1) is 17.3. The number of amides is 1. The molecule has 0 bridgehead atoms. The van der Waals surface area contributed by atoms with Gasteiger partial charge >= 0.3 is 0 Å². The lowest BCUT2D eigenvalue weighted by atomic mass is 10.3. The molecule has 0 spiro atoms. The number of nitrogens with zero attached hydrogens (tertiary/aromatic N) is 2. The predicted molar refractivity (Wildman–Crippen MR) is 76.3 cm³/mol. The Bertz CT molecular complexity index is 674. The van der Waals surface area contributed by atoms with Crippen molar-refractivity contribution >= 4 is 33.2 Å². The summed E-state index contributed by atoms with van der Waals surface area (Å²) in [6, 6.07) is 2.50. The van der Waals surface area contributed by atoms with Crippen LogP contribution in [0.3, 0.4) is 0 Å². The van der Waals surface area contributed by atoms with Gasteiger partial charge in [0, 0.05) is 18.2 Å². The van der Waals surface area contributed by atoms with E-state index in [0.717, 1.165) is 22.5 Å². The summed E-state index contributed by atoms with van der Waals surface area (Å²) in [5, 5.41) is 10.6. The minimum Gasteiger partial charge on any atom is -0.369 e. The highest BCUT2D eigenvalue weighted by atomic mass is 35.5. The minimum atomic E-state index is -4.19. The van der Waals surface area contributed by atoms with E-state index in [1.165, 1.54) is 0 Å². The summed E-state index contributed by atoms with van der Waals surface area (Å²) >= 11 is 5.83. The van der Waals surface area contributed by atoms with Crippen molar-refractivity contribution in [2.24, 2.45) is 5.73 Å². The molecule has 10 heteroatoms. The van der Waals surface area contributed by atoms with E-state index >= 15 is 0 Å². The molecule has 21 heavy (non-hydrogen) atoms. The summed E-state index contributed by atoms with van der Waals surface area (Å²) in [6.45, 7) is 2.55. The Morgan fingerprint density at radius 3 is 2.48 bits per heavy atom. The molecule has 0 aromatic heterocycles. The Labute approximate surface area is 126 Å². The van der Waals surface area contributed by atoms with E-state index in [1.807, 2.05) is 0 Å². The number of sulfonamides is 1. The van der Waals surface area contributed by atoms with Gasteiger partial charge in [0.2, 0.25) is 15.9 Å². The van der Waals surface area contributed by atoms with Crippen molar-refractivity contribution in [2.45, 2.75) is 24.8 Å². The van der Waals surface area contributed by atoms with E-state index in [1.54, 1.807) is 13.8 Å². The Morgan fingerprint density at radius 2 is 2.05 bits per heavy atom. The van der Waals surface area contributed by atoms with E-state index in [2.05, 4.69) is 0 Å². The van der Waals surface area contributed by atoms with Crippen molar-refractivity contribution < 1.29 is 18.1 Å². The molecule has 0 radical (unpaired) electrons. The number of carbonyl (C=O) groups excluding carboxylic acids is 1. The van der Waals surface area contributed by atoms with Crippen molar-refractivity contribution in [3.63, 3.8) is 0 Å². The number of hydrogen-bond acceptors (Lipinski definition) is 5. The molecule has 2 N–H and O–H groups in total. The summed E-state index contributed by atoms with van der Waals surface area (Å²) in [6.07, 6.45) is 0. The lowest BCUT2D eigenvalue weighted by Crippen LogP contribution is -2.42. The number of hydrogen-bond donors (Lipinski definition) is 1. The summed E-state index contributed by atoms with van der Waals surface area (Å²) in [7, 11) is -4.19. The number of nitro benzene ring substituents is 1. The van der Waals surface area contributed by atoms with E-state index < -0.39 is 44.0 Å². The highest BCUT2D eigenvalue weighted by Crippen LogP contribution is 2.29. The van der Waals surface area contributed by atoms with Crippen molar-refractivity contribution in [2.75, 3.05) is 6.54 Å². The number of non-ortho nitro benzene ring substituents is 1. The monoisotopic (exact) mass is 335 g/mol. The van der Waals surface area contributed by atoms with E-state index in [9.17, 15) is 23.3 Å². The van der Waals surface area contributed by atoms with Crippen LogP contribution in [-0.4, -0.2) is 36.1 Å². The molecule has 0 unspecified atom stereocenters. The molecule has 0 aliphatic carbocycles. The van der Waals surface area contributed by atoms with Gasteiger partial charge < -0.3 is 5.73 Å². The topological polar surface area (TPSA) is 124 Å². The highest BCUT2D eigenvalue weighted by Gasteiger charge is 2.31. The third kappa shape index (κ3) is 3.90. The van der Waals surface area contributed by atoms with Crippen molar-refractivity contribution in [1.82, 2.24) is 4.31 Å². The molecule has 1 rings (SSSR count). The Morgan fingerprint density at radius 1 is 1.48 bits per heavy atom. The van der Waals surface area contributed by atoms with E-state index in [4.69, 9.17) is 17.3 Å². The Kier molecular flexibility index (Phi) is 5.26. The third-order valence-corrected chi connectivity index (χ3v) is 5.10. The second-order valence-electron chi connectivity index (χ2n) is 4.48. The zero-order valence-electron chi connectivity index (χ0n) is 11.3. The fraction of sp³-hybridized carbons (Fsp3) is 0.364. The molecule has 0 heterocycles. The van der Waals surface area contributed by atoms with Crippen LogP contribution in [0.15, 0.2) is 23.1 Å². The number of rotatable bonds is 6. The van der Waals surface area contributed by atoms with Gasteiger partial charge in [-0.15, -0.1) is 0 Å². The first-order chi connectivity index (χ1) is 9.57. The van der Waals surface area contributed by atoms with Gasteiger partial charge in [-0.3, -0.25) is 14.9 Å². The Balaban J connectivity index is 3.43. The third-order valence-electron chi connectivity index (χ3n) is 2.60. The molecular weight excluding hydrogens is 322 g/mol. The number of benzene rings is 1. The molecule has 0 fully saturated rings. The number of carbonyl (C=O) groups is 1. The molecule has 8 nitrogen and oxygen atoms in total. The van der Waals surface area contributed by atoms with Crippen molar-refractivity contribution in [1.29, 1.82) is 0 Å². The van der Waals surface area contributed by atoms with Gasteiger partial charge in [-0.05, 0) is 19.9 Å². The van der Waals surface area contributed by atoms with Crippen molar-refractivity contribution in [3.05, 3.63) is 33.3 Å². The lowest BCUT2D eigenvalue weighted by molar-refractivity contribution is -0.385. The van der Waals surface area contributed by atoms with Gasteiger partial charge in [0.15, 0.2) is 0 Å². The minimum absolute atomic E-state index is 0.171. The van der Waals surface area contributed by atoms with Crippen LogP contribution in [0.2, 0.25) is 5.02 Å². The quantitative estimate of drug-likeness (QED) is 0.616. The summed E-state index contributed by atoms with van der Waals surface area (Å²) in [5.74, 6) is -0.839. The van der Waals surface area contributed by atoms with E-state index in [0.29, 0.717) is 0 Å². The summed E-state index contributed by atoms with van der Waals surface area (Å²) < 4.78 is 25.9. The van der Waals surface area contributed by atoms with Crippen LogP contribution in [-0.2, 0) is 14.8 Å². The standard InChI is InChI=1S/C11H14ClN3O5S/c1-7(2)14(6-11(13)16)21(19,20)10-5-8(15(17)18)3-4-9(10)12/h3-5,7H,6H2,1-2H3,(H2,13,16). The molecule has 1 aromatic rings. The average molecular weight is 336 g/mol. The van der Waals surface area contributed by atoms with Gasteiger partial charge in [-0.2, -0.15) is 4.31 Å². The molecule has 0 saturated heterocycles. The maximum atomic E-state index is 12.5. The number of nitro groups is 1. The van der Waals surface area contributed by atoms with Crippen LogP contribution in [0.5, 0.6) is 0 Å². The van der Waals surface area contributed by atoms with Gasteiger partial charge in [-0.25, -0.2) is 8.42 Å². The number of nitrogens with two attached hydrogens (primary N) is 1. The summed E-state index contributed by atoms with van der Waals surface area (Å²) in [4.78, 5) is 20.6. The normalized spacial score (nSPS) is 11.9. The molecule has 0 saturated carbocycles. The SMILES string of the molecule is CC(C)N(CC(N)=O)S(=O)(=O)c1cc([N+](=O)[O-])ccc1Cl. The molecule has 116 valence electrons. The predicted octanol–water partition coefficient (Wildman–Crippen LogP) is 1.13. The van der Waals surface area contributed by atoms with Gasteiger partial charge in [0.1, 0.15) is 4.90 Å². The van der Waals surface area contributed by atoms with Gasteiger partial charge in [0.05, 0.1) is 16.5 Å². The van der Waals surface area contributed by atoms with Crippen LogP contribution in [0.4, 0.5) is 5.69 Å².